The zero-order valence-electron chi connectivity index (χ0n) is 13.5. The Morgan fingerprint density at radius 1 is 1.40 bits per heavy atom. The Morgan fingerprint density at radius 3 is 2.84 bits per heavy atom. The van der Waals surface area contributed by atoms with Crippen LogP contribution in [0.1, 0.15) is 26.5 Å². The van der Waals surface area contributed by atoms with Gasteiger partial charge in [-0.2, -0.15) is 9.97 Å². The molecule has 1 saturated heterocycles. The Kier molecular flexibility index (Phi) is 4.73. The van der Waals surface area contributed by atoms with Crippen LogP contribution in [-0.2, 0) is 23.8 Å². The van der Waals surface area contributed by atoms with E-state index in [2.05, 4.69) is 15.0 Å². The molecule has 0 amide bonds. The van der Waals surface area contributed by atoms with E-state index in [1.54, 1.807) is 4.57 Å². The van der Waals surface area contributed by atoms with Crippen LogP contribution in [-0.4, -0.2) is 50.3 Å². The summed E-state index contributed by atoms with van der Waals surface area (Å²) in [5.41, 5.74) is 6.58. The standard InChI is InChI=1S/C14H16ClN5O5/c1-6(21)23-4-9-8(24-7(2)22)3-10(25-9)20-5-17-11-12(16)18-14(15)19-13(11)20/h5,8-10H,3-4H2,1-2H3,(H2,16,18,19)/t8-,9+,10+/m0/s1. The number of anilines is 1. The molecule has 0 aliphatic carbocycles. The van der Waals surface area contributed by atoms with Gasteiger partial charge in [0.1, 0.15) is 30.6 Å². The van der Waals surface area contributed by atoms with Crippen molar-refractivity contribution in [3.05, 3.63) is 11.6 Å². The van der Waals surface area contributed by atoms with E-state index in [1.165, 1.54) is 20.2 Å². The van der Waals surface area contributed by atoms with Gasteiger partial charge in [-0.3, -0.25) is 14.2 Å². The van der Waals surface area contributed by atoms with Crippen molar-refractivity contribution in [3.63, 3.8) is 0 Å². The molecule has 0 aromatic carbocycles. The third kappa shape index (κ3) is 3.64. The van der Waals surface area contributed by atoms with Gasteiger partial charge >= 0.3 is 11.9 Å². The fourth-order valence-corrected chi connectivity index (χ4v) is 2.85. The first-order valence-electron chi connectivity index (χ1n) is 7.46. The van der Waals surface area contributed by atoms with Crippen LogP contribution in [0.4, 0.5) is 5.82 Å². The van der Waals surface area contributed by atoms with Gasteiger partial charge in [0.15, 0.2) is 11.5 Å². The van der Waals surface area contributed by atoms with Crippen LogP contribution in [0.5, 0.6) is 0 Å². The molecule has 0 saturated carbocycles. The number of hydrogen-bond donors (Lipinski definition) is 1. The fraction of sp³-hybridized carbons (Fsp3) is 0.500. The van der Waals surface area contributed by atoms with Crippen LogP contribution in [0.2, 0.25) is 5.28 Å². The predicted molar refractivity (Wildman–Crippen MR) is 85.5 cm³/mol. The first-order chi connectivity index (χ1) is 11.8. The zero-order valence-corrected chi connectivity index (χ0v) is 14.3. The minimum atomic E-state index is -0.607. The summed E-state index contributed by atoms with van der Waals surface area (Å²) >= 11 is 5.86. The highest BCUT2D eigenvalue weighted by Crippen LogP contribution is 2.33. The number of rotatable bonds is 4. The summed E-state index contributed by atoms with van der Waals surface area (Å²) in [5.74, 6) is -0.749. The van der Waals surface area contributed by atoms with E-state index in [0.717, 1.165) is 0 Å². The largest absolute Gasteiger partial charge is 0.463 e. The van der Waals surface area contributed by atoms with Crippen LogP contribution in [0, 0.1) is 0 Å². The van der Waals surface area contributed by atoms with Gasteiger partial charge in [0.2, 0.25) is 5.28 Å². The number of carbonyl (C=O) groups excluding carboxylic acids is 2. The molecule has 0 bridgehead atoms. The van der Waals surface area contributed by atoms with Crippen LogP contribution in [0.25, 0.3) is 11.2 Å². The first-order valence-corrected chi connectivity index (χ1v) is 7.84. The normalized spacial score (nSPS) is 22.9. The zero-order chi connectivity index (χ0) is 18.1. The minimum Gasteiger partial charge on any atom is -0.463 e. The van der Waals surface area contributed by atoms with Gasteiger partial charge in [0.25, 0.3) is 0 Å². The lowest BCUT2D eigenvalue weighted by Crippen LogP contribution is -2.31. The number of fused-ring (bicyclic) bond motifs is 1. The van der Waals surface area contributed by atoms with E-state index in [1.807, 2.05) is 0 Å². The highest BCUT2D eigenvalue weighted by Gasteiger charge is 2.40. The number of halogens is 1. The summed E-state index contributed by atoms with van der Waals surface area (Å²) < 4.78 is 17.8. The molecular weight excluding hydrogens is 354 g/mol. The lowest BCUT2D eigenvalue weighted by molar-refractivity contribution is -0.155. The van der Waals surface area contributed by atoms with E-state index < -0.39 is 30.4 Å². The van der Waals surface area contributed by atoms with Crippen molar-refractivity contribution in [2.45, 2.75) is 38.7 Å². The van der Waals surface area contributed by atoms with E-state index in [9.17, 15) is 9.59 Å². The summed E-state index contributed by atoms with van der Waals surface area (Å²) in [5, 5.41) is -0.0160. The maximum Gasteiger partial charge on any atom is 0.303 e. The molecular formula is C14H16ClN5O5. The third-order valence-corrected chi connectivity index (χ3v) is 3.85. The molecule has 2 aromatic heterocycles. The molecule has 2 N–H and O–H groups in total. The van der Waals surface area contributed by atoms with E-state index >= 15 is 0 Å². The number of hydrogen-bond acceptors (Lipinski definition) is 9. The van der Waals surface area contributed by atoms with Crippen molar-refractivity contribution in [3.8, 4) is 0 Å². The maximum absolute atomic E-state index is 11.3. The quantitative estimate of drug-likeness (QED) is 0.615. The molecule has 0 radical (unpaired) electrons. The summed E-state index contributed by atoms with van der Waals surface area (Å²) in [6.45, 7) is 2.56. The van der Waals surface area contributed by atoms with Crippen molar-refractivity contribution >= 4 is 40.5 Å². The Morgan fingerprint density at radius 2 is 2.16 bits per heavy atom. The Labute approximate surface area is 147 Å². The first kappa shape index (κ1) is 17.4. The SMILES string of the molecule is CC(=O)OC[C@H]1O[C@@H](n2cnc3c(N)nc(Cl)nc32)C[C@@H]1OC(C)=O. The average molecular weight is 370 g/mol. The lowest BCUT2D eigenvalue weighted by atomic mass is 10.2. The topological polar surface area (TPSA) is 131 Å². The Balaban J connectivity index is 1.87. The van der Waals surface area contributed by atoms with Gasteiger partial charge < -0.3 is 19.9 Å². The van der Waals surface area contributed by atoms with Crippen LogP contribution < -0.4 is 5.73 Å². The van der Waals surface area contributed by atoms with Crippen molar-refractivity contribution < 1.29 is 23.8 Å². The number of nitrogens with zero attached hydrogens (tertiary/aromatic N) is 4. The summed E-state index contributed by atoms with van der Waals surface area (Å²) in [4.78, 5) is 34.5. The lowest BCUT2D eigenvalue weighted by Gasteiger charge is -2.17. The van der Waals surface area contributed by atoms with Crippen molar-refractivity contribution in [2.24, 2.45) is 0 Å². The molecule has 0 unspecified atom stereocenters. The Bertz CT molecular complexity index is 825. The van der Waals surface area contributed by atoms with Crippen molar-refractivity contribution in [2.75, 3.05) is 12.3 Å². The minimum absolute atomic E-state index is 0.0160. The number of ether oxygens (including phenoxy) is 3. The van der Waals surface area contributed by atoms with Crippen molar-refractivity contribution in [1.82, 2.24) is 19.5 Å². The van der Waals surface area contributed by atoms with Crippen LogP contribution in [0.15, 0.2) is 6.33 Å². The number of imidazole rings is 1. The summed E-state index contributed by atoms with van der Waals surface area (Å²) in [6.07, 6.45) is 0.105. The molecule has 3 atom stereocenters. The predicted octanol–water partition coefficient (Wildman–Crippen LogP) is 0.844. The monoisotopic (exact) mass is 369 g/mol. The number of carbonyl (C=O) groups is 2. The van der Waals surface area contributed by atoms with Gasteiger partial charge in [-0.25, -0.2) is 4.98 Å². The molecule has 2 aromatic rings. The highest BCUT2D eigenvalue weighted by atomic mass is 35.5. The molecule has 25 heavy (non-hydrogen) atoms. The van der Waals surface area contributed by atoms with Crippen molar-refractivity contribution in [1.29, 1.82) is 0 Å². The molecule has 3 heterocycles. The van der Waals surface area contributed by atoms with E-state index in [-0.39, 0.29) is 17.7 Å². The summed E-state index contributed by atoms with van der Waals surface area (Å²) in [6, 6.07) is 0. The van der Waals surface area contributed by atoms with Gasteiger partial charge in [-0.1, -0.05) is 0 Å². The smallest absolute Gasteiger partial charge is 0.303 e. The van der Waals surface area contributed by atoms with Crippen LogP contribution in [0.3, 0.4) is 0 Å². The fourth-order valence-electron chi connectivity index (χ4n) is 2.68. The third-order valence-electron chi connectivity index (χ3n) is 3.68. The maximum atomic E-state index is 11.3. The Hall–Kier alpha value is -2.46. The van der Waals surface area contributed by atoms with Gasteiger partial charge in [-0.05, 0) is 11.6 Å². The second-order valence-electron chi connectivity index (χ2n) is 5.52. The molecule has 1 fully saturated rings. The molecule has 10 nitrogen and oxygen atoms in total. The van der Waals surface area contributed by atoms with E-state index in [4.69, 9.17) is 31.5 Å². The number of nitrogen functional groups attached to an aromatic ring is 1. The molecule has 134 valence electrons. The summed E-state index contributed by atoms with van der Waals surface area (Å²) in [7, 11) is 0. The molecule has 3 rings (SSSR count). The number of esters is 2. The molecule has 0 spiro atoms. The highest BCUT2D eigenvalue weighted by molar-refractivity contribution is 6.28. The van der Waals surface area contributed by atoms with Crippen LogP contribution >= 0.6 is 11.6 Å². The van der Waals surface area contributed by atoms with Gasteiger partial charge in [0, 0.05) is 20.3 Å². The van der Waals surface area contributed by atoms with E-state index in [0.29, 0.717) is 17.6 Å². The van der Waals surface area contributed by atoms with Gasteiger partial charge in [0.05, 0.1) is 6.33 Å². The molecule has 1 aliphatic heterocycles. The molecule has 11 heteroatoms. The van der Waals surface area contributed by atoms with Gasteiger partial charge in [-0.15, -0.1) is 0 Å². The number of nitrogens with two attached hydrogens (primary N) is 1. The molecule has 1 aliphatic rings. The average Bonchev–Trinajstić information content (AvgIpc) is 3.08. The second-order valence-corrected chi connectivity index (χ2v) is 5.86. The second kappa shape index (κ2) is 6.81. The number of aromatic nitrogens is 4.